The van der Waals surface area contributed by atoms with E-state index in [9.17, 15) is 14.7 Å². The smallest absolute Gasteiger partial charge is 0.290 e. The third-order valence-electron chi connectivity index (χ3n) is 3.64. The van der Waals surface area contributed by atoms with Gasteiger partial charge < -0.3 is 18.8 Å². The van der Waals surface area contributed by atoms with Gasteiger partial charge in [0.05, 0.1) is 24.6 Å². The Morgan fingerprint density at radius 3 is 2.59 bits per heavy atom. The van der Waals surface area contributed by atoms with Crippen LogP contribution in [0.15, 0.2) is 57.0 Å². The molecule has 0 saturated carbocycles. The molecule has 3 heterocycles. The van der Waals surface area contributed by atoms with Crippen molar-refractivity contribution in [3.8, 4) is 0 Å². The summed E-state index contributed by atoms with van der Waals surface area (Å²) in [5, 5.41) is 10.1. The number of carbonyl (C=O) groups excluding carboxylic acids is 2. The Bertz CT molecular complexity index is 712. The Morgan fingerprint density at radius 1 is 1.27 bits per heavy atom. The average molecular weight is 301 g/mol. The lowest BCUT2D eigenvalue weighted by Gasteiger charge is -2.23. The molecule has 3 rings (SSSR count). The van der Waals surface area contributed by atoms with Gasteiger partial charge in [-0.2, -0.15) is 0 Å². The van der Waals surface area contributed by atoms with Gasteiger partial charge in [0.1, 0.15) is 17.6 Å². The van der Waals surface area contributed by atoms with Crippen molar-refractivity contribution in [3.05, 3.63) is 59.6 Å². The van der Waals surface area contributed by atoms with Crippen LogP contribution in [-0.4, -0.2) is 21.7 Å². The lowest BCUT2D eigenvalue weighted by molar-refractivity contribution is -0.130. The molecular formula is C16H15NO5. The highest BCUT2D eigenvalue weighted by atomic mass is 16.3. The van der Waals surface area contributed by atoms with Crippen molar-refractivity contribution in [2.45, 2.75) is 25.9 Å². The number of nitrogens with zero attached hydrogens (tertiary/aromatic N) is 1. The molecule has 0 aliphatic carbocycles. The summed E-state index contributed by atoms with van der Waals surface area (Å²) < 4.78 is 10.6. The molecule has 22 heavy (non-hydrogen) atoms. The Labute approximate surface area is 126 Å². The average Bonchev–Trinajstić information content (AvgIpc) is 3.24. The lowest BCUT2D eigenvalue weighted by atomic mass is 10.00. The predicted octanol–water partition coefficient (Wildman–Crippen LogP) is 2.75. The zero-order valence-corrected chi connectivity index (χ0v) is 12.0. The molecule has 1 aliphatic heterocycles. The van der Waals surface area contributed by atoms with Crippen LogP contribution in [0.4, 0.5) is 0 Å². The summed E-state index contributed by atoms with van der Waals surface area (Å²) >= 11 is 0. The number of hydrogen-bond donors (Lipinski definition) is 1. The summed E-state index contributed by atoms with van der Waals surface area (Å²) in [6.07, 6.45) is 3.16. The maximum atomic E-state index is 12.4. The summed E-state index contributed by atoms with van der Waals surface area (Å²) in [4.78, 5) is 25.9. The van der Waals surface area contributed by atoms with Crippen molar-refractivity contribution < 1.29 is 23.5 Å². The van der Waals surface area contributed by atoms with Gasteiger partial charge in [-0.05, 0) is 24.3 Å². The third kappa shape index (κ3) is 2.22. The molecule has 1 N–H and O–H groups in total. The van der Waals surface area contributed by atoms with Gasteiger partial charge in [0.2, 0.25) is 0 Å². The SMILES string of the molecule is CCC(=O)C1=C(O)C(=O)N(Cc2ccco2)C1c1ccco1. The van der Waals surface area contributed by atoms with Gasteiger partial charge in [0.25, 0.3) is 5.91 Å². The molecule has 0 fully saturated rings. The molecule has 1 atom stereocenters. The monoisotopic (exact) mass is 301 g/mol. The summed E-state index contributed by atoms with van der Waals surface area (Å²) in [6.45, 7) is 1.82. The van der Waals surface area contributed by atoms with Gasteiger partial charge in [-0.3, -0.25) is 9.59 Å². The van der Waals surface area contributed by atoms with Crippen molar-refractivity contribution in [3.63, 3.8) is 0 Å². The standard InChI is InChI=1S/C16H15NO5/c1-2-11(18)13-14(12-6-4-8-22-12)17(16(20)15(13)19)9-10-5-3-7-21-10/h3-8,14,19H,2,9H2,1H3. The number of rotatable bonds is 5. The van der Waals surface area contributed by atoms with E-state index in [4.69, 9.17) is 8.83 Å². The fourth-order valence-electron chi connectivity index (χ4n) is 2.61. The molecule has 1 unspecified atom stereocenters. The minimum Gasteiger partial charge on any atom is -0.503 e. The molecule has 0 aromatic carbocycles. The molecule has 1 amide bonds. The van der Waals surface area contributed by atoms with Crippen LogP contribution in [0, 0.1) is 0 Å². The first-order chi connectivity index (χ1) is 10.6. The fraction of sp³-hybridized carbons (Fsp3) is 0.250. The second-order valence-corrected chi connectivity index (χ2v) is 4.97. The summed E-state index contributed by atoms with van der Waals surface area (Å²) in [5.74, 6) is -0.410. The van der Waals surface area contributed by atoms with Crippen LogP contribution in [0.25, 0.3) is 0 Å². The second-order valence-electron chi connectivity index (χ2n) is 4.97. The fourth-order valence-corrected chi connectivity index (χ4v) is 2.61. The third-order valence-corrected chi connectivity index (χ3v) is 3.64. The summed E-state index contributed by atoms with van der Waals surface area (Å²) in [7, 11) is 0. The van der Waals surface area contributed by atoms with Crippen molar-refractivity contribution >= 4 is 11.7 Å². The highest BCUT2D eigenvalue weighted by Crippen LogP contribution is 2.39. The maximum absolute atomic E-state index is 12.4. The van der Waals surface area contributed by atoms with E-state index in [1.54, 1.807) is 31.2 Å². The van der Waals surface area contributed by atoms with E-state index in [1.807, 2.05) is 0 Å². The molecule has 0 radical (unpaired) electrons. The van der Waals surface area contributed by atoms with Gasteiger partial charge >= 0.3 is 0 Å². The van der Waals surface area contributed by atoms with E-state index < -0.39 is 17.7 Å². The van der Waals surface area contributed by atoms with E-state index in [-0.39, 0.29) is 24.3 Å². The number of furan rings is 2. The number of Topliss-reactive ketones (excluding diaryl/α,β-unsaturated/α-hetero) is 1. The molecule has 1 aliphatic rings. The topological polar surface area (TPSA) is 83.9 Å². The number of carbonyl (C=O) groups is 2. The van der Waals surface area contributed by atoms with Gasteiger partial charge in [-0.25, -0.2) is 0 Å². The number of aliphatic hydroxyl groups is 1. The predicted molar refractivity (Wildman–Crippen MR) is 75.7 cm³/mol. The number of amides is 1. The summed E-state index contributed by atoms with van der Waals surface area (Å²) in [5.41, 5.74) is 0.0778. The van der Waals surface area contributed by atoms with Crippen LogP contribution in [0.1, 0.15) is 30.9 Å². The van der Waals surface area contributed by atoms with Crippen LogP contribution in [-0.2, 0) is 16.1 Å². The highest BCUT2D eigenvalue weighted by Gasteiger charge is 2.44. The van der Waals surface area contributed by atoms with Crippen molar-refractivity contribution in [2.24, 2.45) is 0 Å². The molecule has 0 bridgehead atoms. The Hall–Kier alpha value is -2.76. The van der Waals surface area contributed by atoms with E-state index >= 15 is 0 Å². The van der Waals surface area contributed by atoms with Gasteiger partial charge in [-0.15, -0.1) is 0 Å². The van der Waals surface area contributed by atoms with Crippen LogP contribution < -0.4 is 0 Å². The molecule has 2 aromatic rings. The lowest BCUT2D eigenvalue weighted by Crippen LogP contribution is -2.30. The van der Waals surface area contributed by atoms with Gasteiger partial charge in [-0.1, -0.05) is 6.92 Å². The number of aliphatic hydroxyl groups excluding tert-OH is 1. The molecule has 2 aromatic heterocycles. The molecule has 114 valence electrons. The summed E-state index contributed by atoms with van der Waals surface area (Å²) in [6, 6.07) is 6.05. The van der Waals surface area contributed by atoms with Crippen molar-refractivity contribution in [2.75, 3.05) is 0 Å². The Balaban J connectivity index is 2.03. The molecular weight excluding hydrogens is 286 g/mol. The molecule has 6 nitrogen and oxygen atoms in total. The van der Waals surface area contributed by atoms with Crippen molar-refractivity contribution in [1.82, 2.24) is 4.90 Å². The Kier molecular flexibility index (Phi) is 3.58. The van der Waals surface area contributed by atoms with Gasteiger partial charge in [0, 0.05) is 6.42 Å². The van der Waals surface area contributed by atoms with Crippen LogP contribution in [0.2, 0.25) is 0 Å². The zero-order valence-electron chi connectivity index (χ0n) is 12.0. The highest BCUT2D eigenvalue weighted by molar-refractivity contribution is 6.08. The normalized spacial score (nSPS) is 18.3. The van der Waals surface area contributed by atoms with E-state index in [2.05, 4.69) is 0 Å². The first-order valence-electron chi connectivity index (χ1n) is 6.96. The molecule has 0 saturated heterocycles. The molecule has 0 spiro atoms. The first kappa shape index (κ1) is 14.2. The van der Waals surface area contributed by atoms with Crippen LogP contribution >= 0.6 is 0 Å². The maximum Gasteiger partial charge on any atom is 0.290 e. The number of ketones is 1. The van der Waals surface area contributed by atoms with E-state index in [0.29, 0.717) is 11.5 Å². The van der Waals surface area contributed by atoms with Gasteiger partial charge in [0.15, 0.2) is 11.5 Å². The van der Waals surface area contributed by atoms with E-state index in [0.717, 1.165) is 0 Å². The second kappa shape index (κ2) is 5.55. The minimum atomic E-state index is -0.736. The van der Waals surface area contributed by atoms with E-state index in [1.165, 1.54) is 17.4 Å². The molecule has 6 heteroatoms. The first-order valence-corrected chi connectivity index (χ1v) is 6.96. The zero-order chi connectivity index (χ0) is 15.7. The van der Waals surface area contributed by atoms with Crippen molar-refractivity contribution in [1.29, 1.82) is 0 Å². The largest absolute Gasteiger partial charge is 0.503 e. The quantitative estimate of drug-likeness (QED) is 0.918. The minimum absolute atomic E-state index is 0.0778. The number of hydrogen-bond acceptors (Lipinski definition) is 5. The van der Waals surface area contributed by atoms with Crippen LogP contribution in [0.3, 0.4) is 0 Å². The Morgan fingerprint density at radius 2 is 2.00 bits per heavy atom. The van der Waals surface area contributed by atoms with Crippen LogP contribution in [0.5, 0.6) is 0 Å².